The standard InChI is InChI=1S/C57H92O12/c1-4-7-10-13-16-19-21-23-25-27-29-32-34-37-40-43-49(58)65-46-48(67-50(59)44-41-38-35-31-18-15-12-9-6-3)47-66-57-55(53(62)52(61)54(69-57)56(63)64)68-51(60)45-42-39-36-33-30-28-26-24-22-20-17-14-11-8-5-2/h7-8,10-11,16-17,19-20,23-26,30,33,48,52-55,57,61-62H,4-6,9,12-15,18,21-22,27-29,31-32,34-47H2,1-3H3,(H,63,64)/b10-7-,11-8-,19-16-,20-17-,25-23-,26-24-,33-30-. The van der Waals surface area contributed by atoms with Gasteiger partial charge in [-0.1, -0.05) is 176 Å². The summed E-state index contributed by atoms with van der Waals surface area (Å²) in [7, 11) is 0. The summed E-state index contributed by atoms with van der Waals surface area (Å²) in [6.07, 6.45) is 44.4. The summed E-state index contributed by atoms with van der Waals surface area (Å²) in [5.41, 5.74) is 0. The minimum atomic E-state index is -1.92. The minimum Gasteiger partial charge on any atom is -0.479 e. The lowest BCUT2D eigenvalue weighted by molar-refractivity contribution is -0.301. The van der Waals surface area contributed by atoms with E-state index in [0.717, 1.165) is 103 Å². The van der Waals surface area contributed by atoms with Crippen LogP contribution in [0.1, 0.15) is 201 Å². The van der Waals surface area contributed by atoms with Gasteiger partial charge in [-0.15, -0.1) is 0 Å². The van der Waals surface area contributed by atoms with Crippen molar-refractivity contribution in [3.63, 3.8) is 0 Å². The van der Waals surface area contributed by atoms with Crippen molar-refractivity contribution in [2.45, 2.75) is 237 Å². The molecule has 392 valence electrons. The topological polar surface area (TPSA) is 175 Å². The first-order valence-corrected chi connectivity index (χ1v) is 26.6. The van der Waals surface area contributed by atoms with Crippen molar-refractivity contribution in [3.05, 3.63) is 85.1 Å². The average Bonchev–Trinajstić information content (AvgIpc) is 3.33. The zero-order valence-electron chi connectivity index (χ0n) is 42.8. The number of rotatable bonds is 43. The van der Waals surface area contributed by atoms with Gasteiger partial charge in [0.25, 0.3) is 0 Å². The first kappa shape index (κ1) is 62.9. The number of aliphatic hydroxyl groups excluding tert-OH is 2. The Hall–Kier alpha value is -4.10. The van der Waals surface area contributed by atoms with Crippen molar-refractivity contribution >= 4 is 23.9 Å². The molecule has 6 unspecified atom stereocenters. The number of hydrogen-bond acceptors (Lipinski definition) is 11. The minimum absolute atomic E-state index is 0.00409. The number of carbonyl (C=O) groups excluding carboxylic acids is 3. The van der Waals surface area contributed by atoms with Crippen LogP contribution < -0.4 is 0 Å². The molecule has 3 N–H and O–H groups in total. The van der Waals surface area contributed by atoms with E-state index in [4.69, 9.17) is 23.7 Å². The van der Waals surface area contributed by atoms with Crippen LogP contribution in [0.25, 0.3) is 0 Å². The molecule has 1 fully saturated rings. The van der Waals surface area contributed by atoms with Gasteiger partial charge in [0.05, 0.1) is 6.61 Å². The van der Waals surface area contributed by atoms with Gasteiger partial charge in [0, 0.05) is 19.3 Å². The van der Waals surface area contributed by atoms with Gasteiger partial charge in [-0.25, -0.2) is 4.79 Å². The molecule has 69 heavy (non-hydrogen) atoms. The fraction of sp³-hybridized carbons (Fsp3) is 0.684. The molecule has 0 spiro atoms. The van der Waals surface area contributed by atoms with Crippen molar-refractivity contribution in [3.8, 4) is 0 Å². The van der Waals surface area contributed by atoms with Crippen LogP contribution in [0.4, 0.5) is 0 Å². The highest BCUT2D eigenvalue weighted by molar-refractivity contribution is 5.74. The Bertz CT molecular complexity index is 1530. The molecule has 12 heteroatoms. The average molecular weight is 969 g/mol. The maximum absolute atomic E-state index is 13.0. The normalized spacial score (nSPS) is 19.3. The molecule has 6 atom stereocenters. The fourth-order valence-corrected chi connectivity index (χ4v) is 7.43. The van der Waals surface area contributed by atoms with Crippen molar-refractivity contribution in [2.75, 3.05) is 13.2 Å². The summed E-state index contributed by atoms with van der Waals surface area (Å²) in [6.45, 7) is 5.68. The van der Waals surface area contributed by atoms with Crippen LogP contribution in [0.5, 0.6) is 0 Å². The van der Waals surface area contributed by atoms with E-state index in [9.17, 15) is 34.5 Å². The summed E-state index contributed by atoms with van der Waals surface area (Å²) in [5, 5.41) is 31.3. The molecule has 0 bridgehead atoms. The molecule has 12 nitrogen and oxygen atoms in total. The Balaban J connectivity index is 2.74. The molecule has 0 amide bonds. The van der Waals surface area contributed by atoms with Crippen LogP contribution in [-0.4, -0.2) is 89.2 Å². The Kier molecular flexibility index (Phi) is 41.1. The van der Waals surface area contributed by atoms with E-state index < -0.39 is 67.3 Å². The zero-order chi connectivity index (χ0) is 50.4. The predicted molar refractivity (Wildman–Crippen MR) is 275 cm³/mol. The van der Waals surface area contributed by atoms with Gasteiger partial charge in [-0.2, -0.15) is 0 Å². The largest absolute Gasteiger partial charge is 0.479 e. The monoisotopic (exact) mass is 969 g/mol. The fourth-order valence-electron chi connectivity index (χ4n) is 7.43. The van der Waals surface area contributed by atoms with Crippen molar-refractivity contribution < 1.29 is 58.2 Å². The maximum Gasteiger partial charge on any atom is 0.335 e. The van der Waals surface area contributed by atoms with Crippen LogP contribution in [-0.2, 0) is 42.9 Å². The molecule has 1 rings (SSSR count). The van der Waals surface area contributed by atoms with E-state index in [2.05, 4.69) is 106 Å². The van der Waals surface area contributed by atoms with E-state index in [1.807, 2.05) is 0 Å². The lowest BCUT2D eigenvalue weighted by Crippen LogP contribution is -2.61. The number of ether oxygens (including phenoxy) is 5. The van der Waals surface area contributed by atoms with E-state index in [0.29, 0.717) is 25.7 Å². The number of hydrogen-bond donors (Lipinski definition) is 3. The van der Waals surface area contributed by atoms with Gasteiger partial charge >= 0.3 is 23.9 Å². The van der Waals surface area contributed by atoms with Crippen LogP contribution in [0.15, 0.2) is 85.1 Å². The second-order valence-corrected chi connectivity index (χ2v) is 17.8. The van der Waals surface area contributed by atoms with Gasteiger partial charge in [-0.3, -0.25) is 14.4 Å². The highest BCUT2D eigenvalue weighted by Gasteiger charge is 2.50. The van der Waals surface area contributed by atoms with Crippen molar-refractivity contribution in [2.24, 2.45) is 0 Å². The van der Waals surface area contributed by atoms with E-state index in [1.54, 1.807) is 0 Å². The third kappa shape index (κ3) is 35.6. The molecule has 0 saturated carbocycles. The van der Waals surface area contributed by atoms with E-state index in [-0.39, 0.29) is 25.9 Å². The third-order valence-electron chi connectivity index (χ3n) is 11.5. The molecule has 0 aromatic heterocycles. The zero-order valence-corrected chi connectivity index (χ0v) is 42.8. The number of esters is 3. The molecule has 0 radical (unpaired) electrons. The van der Waals surface area contributed by atoms with E-state index in [1.165, 1.54) is 32.1 Å². The molecule has 1 aliphatic rings. The number of carboxylic acid groups (broad SMARTS) is 1. The number of aliphatic carboxylic acids is 1. The number of unbranched alkanes of at least 4 members (excludes halogenated alkanes) is 15. The summed E-state index contributed by atoms with van der Waals surface area (Å²) in [6, 6.07) is 0. The highest BCUT2D eigenvalue weighted by Crippen LogP contribution is 2.26. The summed E-state index contributed by atoms with van der Waals surface area (Å²) >= 11 is 0. The molecule has 0 aromatic carbocycles. The van der Waals surface area contributed by atoms with E-state index >= 15 is 0 Å². The second-order valence-electron chi connectivity index (χ2n) is 17.8. The second kappa shape index (κ2) is 45.1. The number of aliphatic hydroxyl groups is 2. The van der Waals surface area contributed by atoms with Gasteiger partial charge in [-0.05, 0) is 89.9 Å². The van der Waals surface area contributed by atoms with Crippen LogP contribution in [0.3, 0.4) is 0 Å². The lowest BCUT2D eigenvalue weighted by Gasteiger charge is -2.40. The SMILES string of the molecule is CC/C=C\C/C=C\C/C=C\C/C=C\CCCCC(=O)OC1C(OCC(COC(=O)CCCCCCC/C=C\C/C=C\C/C=C\CC)OC(=O)CCCCCCCCCCC)OC(C(=O)O)C(O)C1O. The molecule has 1 saturated heterocycles. The van der Waals surface area contributed by atoms with Crippen LogP contribution in [0, 0.1) is 0 Å². The van der Waals surface area contributed by atoms with Crippen LogP contribution >= 0.6 is 0 Å². The first-order chi connectivity index (χ1) is 33.6. The number of allylic oxidation sites excluding steroid dienone is 14. The third-order valence-corrected chi connectivity index (χ3v) is 11.5. The summed E-state index contributed by atoms with van der Waals surface area (Å²) in [4.78, 5) is 50.8. The Morgan fingerprint density at radius 1 is 0.493 bits per heavy atom. The Morgan fingerprint density at radius 3 is 1.42 bits per heavy atom. The van der Waals surface area contributed by atoms with Crippen LogP contribution in [0.2, 0.25) is 0 Å². The smallest absolute Gasteiger partial charge is 0.335 e. The quantitative estimate of drug-likeness (QED) is 0.0229. The molecule has 0 aromatic rings. The van der Waals surface area contributed by atoms with Crippen molar-refractivity contribution in [1.82, 2.24) is 0 Å². The molecule has 0 aliphatic carbocycles. The van der Waals surface area contributed by atoms with Gasteiger partial charge in [0.1, 0.15) is 18.8 Å². The van der Waals surface area contributed by atoms with Gasteiger partial charge in [0.2, 0.25) is 0 Å². The number of carbonyl (C=O) groups is 4. The van der Waals surface area contributed by atoms with Gasteiger partial charge in [0.15, 0.2) is 24.6 Å². The molecular weight excluding hydrogens is 877 g/mol. The lowest BCUT2D eigenvalue weighted by atomic mass is 9.98. The maximum atomic E-state index is 13.0. The number of carboxylic acids is 1. The summed E-state index contributed by atoms with van der Waals surface area (Å²) in [5.74, 6) is -3.21. The first-order valence-electron chi connectivity index (χ1n) is 26.6. The molecular formula is C57H92O12. The molecule has 1 heterocycles. The van der Waals surface area contributed by atoms with Crippen molar-refractivity contribution in [1.29, 1.82) is 0 Å². The Morgan fingerprint density at radius 2 is 0.913 bits per heavy atom. The Labute approximate surface area is 416 Å². The summed E-state index contributed by atoms with van der Waals surface area (Å²) < 4.78 is 28.2. The van der Waals surface area contributed by atoms with Gasteiger partial charge < -0.3 is 39.0 Å². The predicted octanol–water partition coefficient (Wildman–Crippen LogP) is 12.8. The highest BCUT2D eigenvalue weighted by atomic mass is 16.7. The molecule has 1 aliphatic heterocycles.